The van der Waals surface area contributed by atoms with Crippen LogP contribution in [0.2, 0.25) is 0 Å². The van der Waals surface area contributed by atoms with Crippen molar-refractivity contribution in [2.45, 2.75) is 0 Å². The molecular formula is C3H6N2O3. The second kappa shape index (κ2) is 3.91. The maximum absolute atomic E-state index is 9.63. The number of aliphatic carboxylic acids is 1. The number of nitrogens with zero attached hydrogens (tertiary/aromatic N) is 1. The van der Waals surface area contributed by atoms with Gasteiger partial charge in [0.05, 0.1) is 0 Å². The van der Waals surface area contributed by atoms with Gasteiger partial charge in [-0.15, -0.1) is 0 Å². The van der Waals surface area contributed by atoms with Crippen LogP contribution in [0.15, 0.2) is 5.16 Å². The Bertz CT molecular complexity index is 101. The van der Waals surface area contributed by atoms with Gasteiger partial charge in [-0.25, -0.2) is 4.79 Å². The second-order valence-corrected chi connectivity index (χ2v) is 0.922. The molecular weight excluding hydrogens is 112 g/mol. The van der Waals surface area contributed by atoms with Gasteiger partial charge in [0.25, 0.3) is 0 Å². The number of hydrogen-bond acceptors (Lipinski definition) is 3. The maximum Gasteiger partial charge on any atom is 0.344 e. The fraction of sp³-hybridized carbons (Fsp3) is 0.333. The molecule has 0 atom stereocenters. The summed E-state index contributed by atoms with van der Waals surface area (Å²) >= 11 is 0. The van der Waals surface area contributed by atoms with E-state index in [0.717, 1.165) is 6.34 Å². The van der Waals surface area contributed by atoms with Crippen LogP contribution in [-0.4, -0.2) is 24.0 Å². The fourth-order valence-corrected chi connectivity index (χ4v) is 0.136. The largest absolute Gasteiger partial charge is 0.479 e. The summed E-state index contributed by atoms with van der Waals surface area (Å²) in [5, 5.41) is 10.9. The minimum absolute atomic E-state index is 0.451. The van der Waals surface area contributed by atoms with Gasteiger partial charge in [0, 0.05) is 0 Å². The Labute approximate surface area is 45.7 Å². The first-order valence-corrected chi connectivity index (χ1v) is 1.84. The smallest absolute Gasteiger partial charge is 0.344 e. The lowest BCUT2D eigenvalue weighted by atomic mass is 10.8. The van der Waals surface area contributed by atoms with E-state index in [9.17, 15) is 4.79 Å². The zero-order chi connectivity index (χ0) is 6.41. The van der Waals surface area contributed by atoms with E-state index in [2.05, 4.69) is 9.99 Å². The zero-order valence-electron chi connectivity index (χ0n) is 4.07. The Hall–Kier alpha value is -1.26. The first kappa shape index (κ1) is 6.74. The Morgan fingerprint density at radius 2 is 2.62 bits per heavy atom. The van der Waals surface area contributed by atoms with Crippen LogP contribution in [-0.2, 0) is 9.63 Å². The van der Waals surface area contributed by atoms with Crippen molar-refractivity contribution < 1.29 is 14.7 Å². The summed E-state index contributed by atoms with van der Waals surface area (Å²) in [5.41, 5.74) is 4.71. The predicted molar refractivity (Wildman–Crippen MR) is 26.3 cm³/mol. The van der Waals surface area contributed by atoms with E-state index in [1.54, 1.807) is 0 Å². The molecule has 0 unspecified atom stereocenters. The third kappa shape index (κ3) is 4.74. The van der Waals surface area contributed by atoms with Gasteiger partial charge in [0.15, 0.2) is 0 Å². The van der Waals surface area contributed by atoms with E-state index in [1.165, 1.54) is 0 Å². The number of carboxylic acid groups (broad SMARTS) is 1. The van der Waals surface area contributed by atoms with E-state index in [4.69, 9.17) is 10.8 Å². The van der Waals surface area contributed by atoms with Crippen molar-refractivity contribution in [3.8, 4) is 0 Å². The van der Waals surface area contributed by atoms with Crippen molar-refractivity contribution >= 4 is 12.3 Å². The molecule has 0 saturated carbocycles. The lowest BCUT2D eigenvalue weighted by Crippen LogP contribution is -2.04. The van der Waals surface area contributed by atoms with Gasteiger partial charge in [-0.05, 0) is 0 Å². The summed E-state index contributed by atoms with van der Waals surface area (Å²) in [6.45, 7) is -0.451. The van der Waals surface area contributed by atoms with E-state index in [-0.39, 0.29) is 0 Å². The number of hydrogen-bond donors (Lipinski definition) is 2. The van der Waals surface area contributed by atoms with Crippen molar-refractivity contribution in [1.29, 1.82) is 0 Å². The highest BCUT2D eigenvalue weighted by molar-refractivity contribution is 5.68. The van der Waals surface area contributed by atoms with Crippen molar-refractivity contribution in [3.05, 3.63) is 0 Å². The lowest BCUT2D eigenvalue weighted by Gasteiger charge is -1.88. The minimum Gasteiger partial charge on any atom is -0.479 e. The summed E-state index contributed by atoms with van der Waals surface area (Å²) in [6.07, 6.45) is 0.878. The molecule has 46 valence electrons. The zero-order valence-corrected chi connectivity index (χ0v) is 4.07. The fourth-order valence-electron chi connectivity index (χ4n) is 0.136. The first-order valence-electron chi connectivity index (χ1n) is 1.84. The Balaban J connectivity index is 3.05. The topological polar surface area (TPSA) is 84.9 Å². The number of oxime groups is 1. The van der Waals surface area contributed by atoms with Gasteiger partial charge in [-0.1, -0.05) is 5.16 Å². The average Bonchev–Trinajstić information content (AvgIpc) is 1.66. The van der Waals surface area contributed by atoms with Crippen molar-refractivity contribution in [1.82, 2.24) is 0 Å². The molecule has 3 N–H and O–H groups in total. The van der Waals surface area contributed by atoms with Crippen molar-refractivity contribution in [2.75, 3.05) is 6.61 Å². The summed E-state index contributed by atoms with van der Waals surface area (Å²) in [7, 11) is 0. The molecule has 0 aromatic heterocycles. The van der Waals surface area contributed by atoms with Crippen molar-refractivity contribution in [2.24, 2.45) is 10.9 Å². The molecule has 5 nitrogen and oxygen atoms in total. The second-order valence-electron chi connectivity index (χ2n) is 0.922. The molecule has 0 saturated heterocycles. The number of carbonyl (C=O) groups is 1. The van der Waals surface area contributed by atoms with Crippen LogP contribution in [0.1, 0.15) is 0 Å². The lowest BCUT2D eigenvalue weighted by molar-refractivity contribution is -0.142. The van der Waals surface area contributed by atoms with Gasteiger partial charge in [-0.2, -0.15) is 0 Å². The van der Waals surface area contributed by atoms with Crippen LogP contribution < -0.4 is 5.73 Å². The van der Waals surface area contributed by atoms with E-state index < -0.39 is 12.6 Å². The van der Waals surface area contributed by atoms with Crippen molar-refractivity contribution in [3.63, 3.8) is 0 Å². The average molecular weight is 118 g/mol. The van der Waals surface area contributed by atoms with Crippen LogP contribution in [0, 0.1) is 0 Å². The summed E-state index contributed by atoms with van der Waals surface area (Å²) in [5.74, 6) is -1.07. The maximum atomic E-state index is 9.63. The van der Waals surface area contributed by atoms with Gasteiger partial charge in [0.2, 0.25) is 6.61 Å². The monoisotopic (exact) mass is 118 g/mol. The SMILES string of the molecule is NC=NOCC(=O)O. The Morgan fingerprint density at radius 3 is 3.00 bits per heavy atom. The first-order chi connectivity index (χ1) is 3.77. The van der Waals surface area contributed by atoms with Crippen LogP contribution in [0.25, 0.3) is 0 Å². The molecule has 0 fully saturated rings. The van der Waals surface area contributed by atoms with E-state index >= 15 is 0 Å². The molecule has 8 heavy (non-hydrogen) atoms. The molecule has 0 aliphatic carbocycles. The third-order valence-corrected chi connectivity index (χ3v) is 0.323. The number of carboxylic acids is 1. The van der Waals surface area contributed by atoms with E-state index in [0.29, 0.717) is 0 Å². The minimum atomic E-state index is -1.07. The van der Waals surface area contributed by atoms with Crippen LogP contribution in [0.4, 0.5) is 0 Å². The molecule has 0 aromatic carbocycles. The molecule has 0 spiro atoms. The highest BCUT2D eigenvalue weighted by Gasteiger charge is 1.91. The molecule has 0 aromatic rings. The number of rotatable bonds is 3. The molecule has 0 aliphatic heterocycles. The molecule has 0 heterocycles. The molecule has 0 rings (SSSR count). The van der Waals surface area contributed by atoms with E-state index in [1.807, 2.05) is 0 Å². The molecule has 5 heteroatoms. The normalized spacial score (nSPS) is 9.50. The summed E-state index contributed by atoms with van der Waals surface area (Å²) in [4.78, 5) is 13.7. The highest BCUT2D eigenvalue weighted by Crippen LogP contribution is 1.70. The van der Waals surface area contributed by atoms with Crippen LogP contribution in [0.5, 0.6) is 0 Å². The standard InChI is InChI=1S/C3H6N2O3/c4-2-5-8-1-3(6)7/h2H,1H2,(H2,4,5)(H,6,7). The number of nitrogens with two attached hydrogens (primary N) is 1. The van der Waals surface area contributed by atoms with Gasteiger partial charge in [-0.3, -0.25) is 0 Å². The summed E-state index contributed by atoms with van der Waals surface area (Å²) in [6, 6.07) is 0. The van der Waals surface area contributed by atoms with Crippen LogP contribution in [0.3, 0.4) is 0 Å². The Kier molecular flexibility index (Phi) is 3.30. The molecule has 0 bridgehead atoms. The molecule has 0 amide bonds. The Morgan fingerprint density at radius 1 is 2.00 bits per heavy atom. The molecule has 0 radical (unpaired) electrons. The molecule has 0 aliphatic rings. The predicted octanol–water partition coefficient (Wildman–Crippen LogP) is -1.01. The van der Waals surface area contributed by atoms with Gasteiger partial charge in [0.1, 0.15) is 6.34 Å². The quantitative estimate of drug-likeness (QED) is 0.282. The van der Waals surface area contributed by atoms with Gasteiger partial charge < -0.3 is 15.7 Å². The summed E-state index contributed by atoms with van der Waals surface area (Å²) < 4.78 is 0. The van der Waals surface area contributed by atoms with Crippen LogP contribution >= 0.6 is 0 Å². The highest BCUT2D eigenvalue weighted by atomic mass is 16.6. The van der Waals surface area contributed by atoms with Gasteiger partial charge >= 0.3 is 5.97 Å². The third-order valence-electron chi connectivity index (χ3n) is 0.323.